The number of hydrogen-bond acceptors (Lipinski definition) is 8. The summed E-state index contributed by atoms with van der Waals surface area (Å²) in [6.07, 6.45) is 2.50. The number of nitrogens with zero attached hydrogens (tertiary/aromatic N) is 4. The maximum atomic E-state index is 12.6. The van der Waals surface area contributed by atoms with Gasteiger partial charge in [0.15, 0.2) is 5.69 Å². The number of nitrogens with one attached hydrogen (secondary N) is 2. The van der Waals surface area contributed by atoms with Crippen LogP contribution in [0.2, 0.25) is 0 Å². The van der Waals surface area contributed by atoms with Crippen LogP contribution in [-0.4, -0.2) is 30.7 Å². The number of carbonyl (C=O) groups is 1. The standard InChI is InChI=1S/C22H20N6O4/c1-12-7-14(9-15(8-12)25-17-6-4-5-13(2)24-17)20-27-18(19(29)22(31)28(20)3)21(30)26-16-10-23-32-11-16/h4-11,29H,1-3H3,(H,24,25)(H,26,30). The molecule has 0 saturated carbocycles. The number of aromatic hydroxyl groups is 1. The molecule has 4 aromatic rings. The Morgan fingerprint density at radius 2 is 1.94 bits per heavy atom. The fraction of sp³-hybridized carbons (Fsp3) is 0.136. The van der Waals surface area contributed by atoms with Gasteiger partial charge >= 0.3 is 0 Å². The number of carbonyl (C=O) groups excluding carboxylic acids is 1. The van der Waals surface area contributed by atoms with Crippen LogP contribution in [0.1, 0.15) is 21.7 Å². The number of pyridine rings is 1. The van der Waals surface area contributed by atoms with E-state index in [1.54, 1.807) is 6.07 Å². The van der Waals surface area contributed by atoms with Crippen LogP contribution in [0.5, 0.6) is 5.75 Å². The first-order valence-corrected chi connectivity index (χ1v) is 9.65. The predicted octanol–water partition coefficient (Wildman–Crippen LogP) is 3.15. The highest BCUT2D eigenvalue weighted by molar-refractivity contribution is 6.04. The van der Waals surface area contributed by atoms with Gasteiger partial charge in [-0.1, -0.05) is 11.2 Å². The molecule has 32 heavy (non-hydrogen) atoms. The van der Waals surface area contributed by atoms with E-state index >= 15 is 0 Å². The number of anilines is 3. The Bertz CT molecular complexity index is 1360. The molecule has 162 valence electrons. The van der Waals surface area contributed by atoms with Crippen molar-refractivity contribution in [2.45, 2.75) is 13.8 Å². The number of benzene rings is 1. The highest BCUT2D eigenvalue weighted by Crippen LogP contribution is 2.26. The lowest BCUT2D eigenvalue weighted by molar-refractivity contribution is 0.101. The van der Waals surface area contributed by atoms with Crippen molar-refractivity contribution < 1.29 is 14.4 Å². The summed E-state index contributed by atoms with van der Waals surface area (Å²) < 4.78 is 5.86. The lowest BCUT2D eigenvalue weighted by Crippen LogP contribution is -2.25. The molecule has 0 aliphatic heterocycles. The fourth-order valence-electron chi connectivity index (χ4n) is 3.21. The topological polar surface area (TPSA) is 135 Å². The van der Waals surface area contributed by atoms with E-state index in [1.807, 2.05) is 44.2 Å². The number of amides is 1. The third-order valence-electron chi connectivity index (χ3n) is 4.67. The summed E-state index contributed by atoms with van der Waals surface area (Å²) >= 11 is 0. The van der Waals surface area contributed by atoms with Gasteiger partial charge in [-0.3, -0.25) is 14.2 Å². The molecule has 0 aliphatic carbocycles. The largest absolute Gasteiger partial charge is 0.501 e. The first-order chi connectivity index (χ1) is 15.3. The summed E-state index contributed by atoms with van der Waals surface area (Å²) in [5.41, 5.74) is 2.20. The Hall–Kier alpha value is -4.47. The molecular formula is C22H20N6O4. The maximum absolute atomic E-state index is 12.6. The van der Waals surface area contributed by atoms with Gasteiger partial charge < -0.3 is 20.3 Å². The summed E-state index contributed by atoms with van der Waals surface area (Å²) in [5.74, 6) is -0.630. The molecular weight excluding hydrogens is 412 g/mol. The molecule has 0 spiro atoms. The molecule has 10 heteroatoms. The fourth-order valence-corrected chi connectivity index (χ4v) is 3.21. The number of rotatable bonds is 5. The number of hydrogen-bond donors (Lipinski definition) is 3. The second-order valence-corrected chi connectivity index (χ2v) is 7.24. The van der Waals surface area contributed by atoms with Crippen LogP contribution in [0.3, 0.4) is 0 Å². The lowest BCUT2D eigenvalue weighted by Gasteiger charge is -2.14. The van der Waals surface area contributed by atoms with Crippen molar-refractivity contribution in [3.63, 3.8) is 0 Å². The summed E-state index contributed by atoms with van der Waals surface area (Å²) in [6, 6.07) is 11.2. The molecule has 3 heterocycles. The van der Waals surface area contributed by atoms with Crippen LogP contribution < -0.4 is 16.2 Å². The molecule has 4 rings (SSSR count). The van der Waals surface area contributed by atoms with Gasteiger partial charge in [-0.2, -0.15) is 0 Å². The molecule has 3 N–H and O–H groups in total. The molecule has 1 amide bonds. The second kappa shape index (κ2) is 8.34. The van der Waals surface area contributed by atoms with Crippen molar-refractivity contribution in [1.29, 1.82) is 0 Å². The summed E-state index contributed by atoms with van der Waals surface area (Å²) in [7, 11) is 1.48. The first-order valence-electron chi connectivity index (χ1n) is 9.65. The highest BCUT2D eigenvalue weighted by Gasteiger charge is 2.21. The molecule has 0 aliphatic rings. The van der Waals surface area contributed by atoms with Crippen molar-refractivity contribution in [3.05, 3.63) is 76.2 Å². The molecule has 0 saturated heterocycles. The molecule has 10 nitrogen and oxygen atoms in total. The van der Waals surface area contributed by atoms with Gasteiger partial charge in [0, 0.05) is 24.0 Å². The zero-order valence-electron chi connectivity index (χ0n) is 17.6. The van der Waals surface area contributed by atoms with Gasteiger partial charge in [0.25, 0.3) is 11.5 Å². The molecule has 0 radical (unpaired) electrons. The average molecular weight is 432 g/mol. The molecule has 0 fully saturated rings. The minimum Gasteiger partial charge on any atom is -0.501 e. The SMILES string of the molecule is Cc1cc(Nc2cccc(C)n2)cc(-c2nc(C(=O)Nc3cnoc3)c(O)c(=O)n2C)c1. The Balaban J connectivity index is 1.76. The van der Waals surface area contributed by atoms with Crippen molar-refractivity contribution in [3.8, 4) is 17.1 Å². The minimum absolute atomic E-state index is 0.215. The Labute approximate surface area is 182 Å². The van der Waals surface area contributed by atoms with Gasteiger partial charge in [-0.05, 0) is 49.7 Å². The van der Waals surface area contributed by atoms with E-state index in [0.717, 1.165) is 16.9 Å². The third kappa shape index (κ3) is 4.19. The first kappa shape index (κ1) is 20.8. The van der Waals surface area contributed by atoms with Gasteiger partial charge in [0.2, 0.25) is 5.75 Å². The zero-order chi connectivity index (χ0) is 22.8. The Morgan fingerprint density at radius 3 is 2.66 bits per heavy atom. The molecule has 1 aromatic carbocycles. The van der Waals surface area contributed by atoms with Crippen LogP contribution in [0, 0.1) is 13.8 Å². The van der Waals surface area contributed by atoms with E-state index in [-0.39, 0.29) is 11.5 Å². The monoisotopic (exact) mass is 432 g/mol. The average Bonchev–Trinajstić information content (AvgIpc) is 3.24. The smallest absolute Gasteiger partial charge is 0.296 e. The third-order valence-corrected chi connectivity index (χ3v) is 4.67. The quantitative estimate of drug-likeness (QED) is 0.438. The molecule has 0 atom stereocenters. The van der Waals surface area contributed by atoms with Gasteiger partial charge in [0.1, 0.15) is 23.6 Å². The van der Waals surface area contributed by atoms with Crippen LogP contribution in [-0.2, 0) is 7.05 Å². The summed E-state index contributed by atoms with van der Waals surface area (Å²) in [4.78, 5) is 34.0. The van der Waals surface area contributed by atoms with E-state index in [2.05, 4.69) is 30.3 Å². The van der Waals surface area contributed by atoms with Crippen molar-refractivity contribution >= 4 is 23.1 Å². The van der Waals surface area contributed by atoms with E-state index in [0.29, 0.717) is 11.4 Å². The van der Waals surface area contributed by atoms with Crippen molar-refractivity contribution in [1.82, 2.24) is 19.7 Å². The zero-order valence-corrected chi connectivity index (χ0v) is 17.6. The number of aryl methyl sites for hydroxylation is 2. The van der Waals surface area contributed by atoms with Crippen molar-refractivity contribution in [2.24, 2.45) is 7.05 Å². The maximum Gasteiger partial charge on any atom is 0.296 e. The highest BCUT2D eigenvalue weighted by atomic mass is 16.5. The Morgan fingerprint density at radius 1 is 1.12 bits per heavy atom. The molecule has 3 aromatic heterocycles. The van der Waals surface area contributed by atoms with Crippen LogP contribution in [0.15, 0.2) is 58.2 Å². The van der Waals surface area contributed by atoms with Crippen LogP contribution in [0.4, 0.5) is 17.2 Å². The van der Waals surface area contributed by atoms with Gasteiger partial charge in [-0.15, -0.1) is 0 Å². The molecule has 0 unspecified atom stereocenters. The normalized spacial score (nSPS) is 10.7. The summed E-state index contributed by atoms with van der Waals surface area (Å²) in [6.45, 7) is 3.80. The molecule has 0 bridgehead atoms. The van der Waals surface area contributed by atoms with Crippen molar-refractivity contribution in [2.75, 3.05) is 10.6 Å². The van der Waals surface area contributed by atoms with Crippen LogP contribution in [0.25, 0.3) is 11.4 Å². The minimum atomic E-state index is -0.764. The van der Waals surface area contributed by atoms with E-state index in [9.17, 15) is 14.7 Å². The van der Waals surface area contributed by atoms with E-state index < -0.39 is 22.9 Å². The summed E-state index contributed by atoms with van der Waals surface area (Å²) in [5, 5.41) is 19.5. The van der Waals surface area contributed by atoms with Crippen LogP contribution >= 0.6 is 0 Å². The Kier molecular flexibility index (Phi) is 5.42. The van der Waals surface area contributed by atoms with Gasteiger partial charge in [-0.25, -0.2) is 9.97 Å². The van der Waals surface area contributed by atoms with Gasteiger partial charge in [0.05, 0.1) is 6.20 Å². The van der Waals surface area contributed by atoms with E-state index in [4.69, 9.17) is 0 Å². The second-order valence-electron chi connectivity index (χ2n) is 7.24. The lowest BCUT2D eigenvalue weighted by atomic mass is 10.1. The number of aromatic nitrogens is 4. The predicted molar refractivity (Wildman–Crippen MR) is 118 cm³/mol. The van der Waals surface area contributed by atoms with E-state index in [1.165, 1.54) is 24.1 Å².